The van der Waals surface area contributed by atoms with Crippen molar-refractivity contribution in [3.63, 3.8) is 0 Å². The molecule has 2 aromatic rings. The van der Waals surface area contributed by atoms with Crippen LogP contribution in [0.15, 0.2) is 21.6 Å². The second-order valence-electron chi connectivity index (χ2n) is 5.30. The van der Waals surface area contributed by atoms with Gasteiger partial charge in [0.1, 0.15) is 5.56 Å². The molecule has 0 saturated carbocycles. The third kappa shape index (κ3) is 4.73. The highest BCUT2D eigenvalue weighted by molar-refractivity contribution is 8.01. The molecule has 0 fully saturated rings. The van der Waals surface area contributed by atoms with Gasteiger partial charge in [-0.25, -0.2) is 9.78 Å². The average molecular weight is 396 g/mol. The minimum absolute atomic E-state index is 0.133. The number of ether oxygens (including phenoxy) is 2. The molecule has 0 aliphatic heterocycles. The molecule has 0 aliphatic carbocycles. The zero-order chi connectivity index (χ0) is 19.3. The molecule has 140 valence electrons. The number of hydrogen-bond acceptors (Lipinski definition) is 8. The van der Waals surface area contributed by atoms with Crippen molar-refractivity contribution < 1.29 is 23.8 Å². The van der Waals surface area contributed by atoms with Crippen molar-refractivity contribution in [3.8, 4) is 0 Å². The maximum absolute atomic E-state index is 12.3. The molecule has 0 unspecified atom stereocenters. The zero-order valence-electron chi connectivity index (χ0n) is 15.0. The number of thiazole rings is 1. The average Bonchev–Trinajstić information content (AvgIpc) is 2.91. The first-order chi connectivity index (χ1) is 12.4. The predicted octanol–water partition coefficient (Wildman–Crippen LogP) is 2.83. The lowest BCUT2D eigenvalue weighted by Gasteiger charge is -2.10. The largest absolute Gasteiger partial charge is 0.618 e. The smallest absolute Gasteiger partial charge is 0.345 e. The molecule has 0 saturated heterocycles. The van der Waals surface area contributed by atoms with Crippen molar-refractivity contribution in [2.75, 3.05) is 13.2 Å². The monoisotopic (exact) mass is 396 g/mol. The summed E-state index contributed by atoms with van der Waals surface area (Å²) in [6.45, 7) is 7.54. The highest BCUT2D eigenvalue weighted by Gasteiger charge is 2.26. The maximum atomic E-state index is 12.3. The highest BCUT2D eigenvalue weighted by Crippen LogP contribution is 2.34. The Bertz CT molecular complexity index is 820. The summed E-state index contributed by atoms with van der Waals surface area (Å²) < 4.78 is 11.2. The second-order valence-corrected chi connectivity index (χ2v) is 7.62. The van der Waals surface area contributed by atoms with Crippen molar-refractivity contribution >= 4 is 35.0 Å². The van der Waals surface area contributed by atoms with Crippen molar-refractivity contribution in [1.29, 1.82) is 0 Å². The summed E-state index contributed by atoms with van der Waals surface area (Å²) in [7, 11) is 0. The molecule has 9 heteroatoms. The van der Waals surface area contributed by atoms with Crippen LogP contribution in [0.5, 0.6) is 0 Å². The van der Waals surface area contributed by atoms with Gasteiger partial charge in [-0.2, -0.15) is 4.73 Å². The van der Waals surface area contributed by atoms with Gasteiger partial charge in [0.05, 0.1) is 25.3 Å². The topological polar surface area (TPSA) is 92.4 Å². The van der Waals surface area contributed by atoms with E-state index in [1.54, 1.807) is 33.8 Å². The van der Waals surface area contributed by atoms with E-state index in [-0.39, 0.29) is 29.6 Å². The summed E-state index contributed by atoms with van der Waals surface area (Å²) in [6, 6.07) is 1.57. The van der Waals surface area contributed by atoms with Crippen LogP contribution in [-0.2, 0) is 20.7 Å². The van der Waals surface area contributed by atoms with Crippen LogP contribution in [0.3, 0.4) is 0 Å². The van der Waals surface area contributed by atoms with Crippen LogP contribution in [0.1, 0.15) is 40.3 Å². The fraction of sp³-hybridized carbons (Fsp3) is 0.412. The van der Waals surface area contributed by atoms with Gasteiger partial charge in [0.15, 0.2) is 10.5 Å². The summed E-state index contributed by atoms with van der Waals surface area (Å²) in [5, 5.41) is 12.5. The lowest BCUT2D eigenvalue weighted by atomic mass is 10.2. The van der Waals surface area contributed by atoms with E-state index in [2.05, 4.69) is 4.98 Å². The van der Waals surface area contributed by atoms with Gasteiger partial charge in [0.25, 0.3) is 5.03 Å². The van der Waals surface area contributed by atoms with E-state index >= 15 is 0 Å². The molecule has 0 aromatic carbocycles. The van der Waals surface area contributed by atoms with Gasteiger partial charge in [0, 0.05) is 22.7 Å². The summed E-state index contributed by atoms with van der Waals surface area (Å²) >= 11 is 2.39. The number of carbonyl (C=O) groups excluding carboxylic acids is 2. The molecule has 26 heavy (non-hydrogen) atoms. The lowest BCUT2D eigenvalue weighted by Crippen LogP contribution is -2.31. The van der Waals surface area contributed by atoms with Crippen LogP contribution in [0, 0.1) is 19.1 Å². The van der Waals surface area contributed by atoms with Crippen LogP contribution in [0.4, 0.5) is 0 Å². The number of nitrogens with zero attached hydrogens (tertiary/aromatic N) is 2. The highest BCUT2D eigenvalue weighted by atomic mass is 32.2. The number of hydrogen-bond donors (Lipinski definition) is 0. The van der Waals surface area contributed by atoms with Gasteiger partial charge in [-0.05, 0) is 33.3 Å². The van der Waals surface area contributed by atoms with Crippen LogP contribution < -0.4 is 4.73 Å². The molecule has 0 bridgehead atoms. The normalized spacial score (nSPS) is 10.6. The van der Waals surface area contributed by atoms with Crippen molar-refractivity contribution in [2.45, 2.75) is 43.5 Å². The van der Waals surface area contributed by atoms with Crippen molar-refractivity contribution in [3.05, 3.63) is 39.2 Å². The summed E-state index contributed by atoms with van der Waals surface area (Å²) in [5.74, 6) is -0.866. The van der Waals surface area contributed by atoms with E-state index in [0.717, 1.165) is 16.6 Å². The first kappa shape index (κ1) is 20.2. The Hall–Kier alpha value is -2.13. The summed E-state index contributed by atoms with van der Waals surface area (Å²) in [6.07, 6.45) is 1.48. The Balaban J connectivity index is 2.33. The lowest BCUT2D eigenvalue weighted by molar-refractivity contribution is -0.645. The predicted molar refractivity (Wildman–Crippen MR) is 97.4 cm³/mol. The van der Waals surface area contributed by atoms with E-state index in [1.165, 1.54) is 17.5 Å². The van der Waals surface area contributed by atoms with Gasteiger partial charge in [-0.1, -0.05) is 0 Å². The van der Waals surface area contributed by atoms with Crippen LogP contribution >= 0.6 is 23.1 Å². The van der Waals surface area contributed by atoms with Gasteiger partial charge in [-0.3, -0.25) is 4.79 Å². The van der Waals surface area contributed by atoms with Gasteiger partial charge < -0.3 is 14.7 Å². The maximum Gasteiger partial charge on any atom is 0.345 e. The standard InChI is InChI=1S/C17H20N2O5S2/c1-5-23-13(20)9-12-11(4)18-17(25-12)26-15-14(16(21)24-6-2)10(3)7-8-19(15)22/h7-8H,5-6,9H2,1-4H3. The molecular weight excluding hydrogens is 376 g/mol. The quantitative estimate of drug-likeness (QED) is 0.404. The van der Waals surface area contributed by atoms with Crippen molar-refractivity contribution in [2.24, 2.45) is 0 Å². The van der Waals surface area contributed by atoms with E-state index in [9.17, 15) is 14.8 Å². The van der Waals surface area contributed by atoms with Gasteiger partial charge >= 0.3 is 11.9 Å². The van der Waals surface area contributed by atoms with E-state index < -0.39 is 5.97 Å². The number of esters is 2. The molecule has 0 N–H and O–H groups in total. The Labute approximate surface area is 159 Å². The number of aryl methyl sites for hydroxylation is 2. The Morgan fingerprint density at radius 3 is 2.62 bits per heavy atom. The zero-order valence-corrected chi connectivity index (χ0v) is 16.7. The van der Waals surface area contributed by atoms with Gasteiger partial charge in [0.2, 0.25) is 0 Å². The molecular formula is C17H20N2O5S2. The molecule has 7 nitrogen and oxygen atoms in total. The fourth-order valence-corrected chi connectivity index (χ4v) is 4.52. The number of pyridine rings is 1. The third-order valence-electron chi connectivity index (χ3n) is 3.42. The van der Waals surface area contributed by atoms with E-state index in [0.29, 0.717) is 26.9 Å². The molecule has 2 heterocycles. The summed E-state index contributed by atoms with van der Waals surface area (Å²) in [4.78, 5) is 29.1. The first-order valence-corrected chi connectivity index (χ1v) is 9.70. The SMILES string of the molecule is CCOC(=O)Cc1sc(Sc2c(C(=O)OCC)c(C)cc[n+]2[O-])nc1C. The summed E-state index contributed by atoms with van der Waals surface area (Å²) in [5.41, 5.74) is 1.58. The minimum atomic E-state index is -0.544. The first-order valence-electron chi connectivity index (χ1n) is 8.07. The molecule has 0 atom stereocenters. The number of aromatic nitrogens is 2. The fourth-order valence-electron chi connectivity index (χ4n) is 2.19. The molecule has 2 rings (SSSR count). The minimum Gasteiger partial charge on any atom is -0.618 e. The molecule has 2 aromatic heterocycles. The number of carbonyl (C=O) groups is 2. The molecule has 0 amide bonds. The van der Waals surface area contributed by atoms with Crippen LogP contribution in [-0.4, -0.2) is 30.1 Å². The molecule has 0 spiro atoms. The Kier molecular flexibility index (Phi) is 6.98. The van der Waals surface area contributed by atoms with E-state index in [1.807, 2.05) is 0 Å². The van der Waals surface area contributed by atoms with Crippen molar-refractivity contribution in [1.82, 2.24) is 4.98 Å². The number of rotatable bonds is 7. The Morgan fingerprint density at radius 2 is 1.96 bits per heavy atom. The van der Waals surface area contributed by atoms with Crippen LogP contribution in [0.25, 0.3) is 0 Å². The van der Waals surface area contributed by atoms with E-state index in [4.69, 9.17) is 9.47 Å². The Morgan fingerprint density at radius 1 is 1.27 bits per heavy atom. The third-order valence-corrected chi connectivity index (χ3v) is 5.71. The molecule has 0 aliphatic rings. The molecule has 0 radical (unpaired) electrons. The second kappa shape index (κ2) is 9.00. The van der Waals surface area contributed by atoms with Gasteiger partial charge in [-0.15, -0.1) is 11.3 Å². The van der Waals surface area contributed by atoms with Crippen LogP contribution in [0.2, 0.25) is 0 Å².